The van der Waals surface area contributed by atoms with E-state index in [1.165, 1.54) is 18.5 Å². The summed E-state index contributed by atoms with van der Waals surface area (Å²) in [7, 11) is -1.57. The smallest absolute Gasteiger partial charge is 0.487 e. The predicted molar refractivity (Wildman–Crippen MR) is 69.6 cm³/mol. The van der Waals surface area contributed by atoms with E-state index in [0.29, 0.717) is 11.3 Å². The van der Waals surface area contributed by atoms with Crippen LogP contribution in [0.25, 0.3) is 0 Å². The maximum Gasteiger partial charge on any atom is 0.490 e. The van der Waals surface area contributed by atoms with Crippen LogP contribution in [-0.4, -0.2) is 22.2 Å². The Hall–Kier alpha value is -2.36. The van der Waals surface area contributed by atoms with Gasteiger partial charge in [0.25, 0.3) is 0 Å². The van der Waals surface area contributed by atoms with E-state index >= 15 is 0 Å². The second-order valence-electron chi connectivity index (χ2n) is 3.93. The highest BCUT2D eigenvalue weighted by Gasteiger charge is 2.11. The molecule has 94 valence electrons. The first-order valence-electron chi connectivity index (χ1n) is 5.62. The zero-order chi connectivity index (χ0) is 13.7. The lowest BCUT2D eigenvalue weighted by molar-refractivity contribution is 0.305. The summed E-state index contributed by atoms with van der Waals surface area (Å²) in [5.41, 5.74) is 1.69. The van der Waals surface area contributed by atoms with Gasteiger partial charge in [-0.25, -0.2) is 0 Å². The van der Waals surface area contributed by atoms with Gasteiger partial charge in [0.05, 0.1) is 17.8 Å². The van der Waals surface area contributed by atoms with Gasteiger partial charge >= 0.3 is 7.12 Å². The zero-order valence-corrected chi connectivity index (χ0v) is 10.0. The minimum Gasteiger partial charge on any atom is -0.487 e. The van der Waals surface area contributed by atoms with Crippen LogP contribution in [0.5, 0.6) is 5.75 Å². The third kappa shape index (κ3) is 3.55. The van der Waals surface area contributed by atoms with Crippen LogP contribution in [0.15, 0.2) is 42.7 Å². The lowest BCUT2D eigenvalue weighted by Crippen LogP contribution is -2.30. The van der Waals surface area contributed by atoms with E-state index in [1.54, 1.807) is 18.2 Å². The average molecular weight is 254 g/mol. The van der Waals surface area contributed by atoms with Gasteiger partial charge in [0.15, 0.2) is 0 Å². The lowest BCUT2D eigenvalue weighted by atomic mass is 9.82. The third-order valence-electron chi connectivity index (χ3n) is 2.49. The summed E-state index contributed by atoms with van der Waals surface area (Å²) in [6.45, 7) is 0.280. The maximum absolute atomic E-state index is 9.03. The molecule has 2 rings (SSSR count). The first kappa shape index (κ1) is 13.1. The van der Waals surface area contributed by atoms with Crippen LogP contribution >= 0.6 is 0 Å². The average Bonchev–Trinajstić information content (AvgIpc) is 2.45. The van der Waals surface area contributed by atoms with Gasteiger partial charge in [-0.05, 0) is 23.8 Å². The molecular formula is C13H11BN2O3. The number of pyridine rings is 1. The molecule has 1 aromatic heterocycles. The first-order valence-corrected chi connectivity index (χ1v) is 5.62. The highest BCUT2D eigenvalue weighted by Crippen LogP contribution is 2.10. The van der Waals surface area contributed by atoms with Gasteiger partial charge in [-0.15, -0.1) is 0 Å². The molecule has 2 aromatic rings. The van der Waals surface area contributed by atoms with Crippen molar-refractivity contribution in [1.82, 2.24) is 4.98 Å². The minimum absolute atomic E-state index is 0.267. The molecule has 0 spiro atoms. The fraction of sp³-hybridized carbons (Fsp3) is 0.0769. The van der Waals surface area contributed by atoms with Gasteiger partial charge in [0.1, 0.15) is 12.4 Å². The Morgan fingerprint density at radius 3 is 2.84 bits per heavy atom. The quantitative estimate of drug-likeness (QED) is 0.762. The Balaban J connectivity index is 2.06. The second kappa shape index (κ2) is 6.00. The molecule has 1 heterocycles. The van der Waals surface area contributed by atoms with Gasteiger partial charge in [-0.1, -0.05) is 12.1 Å². The molecule has 0 saturated carbocycles. The van der Waals surface area contributed by atoms with Gasteiger partial charge in [0, 0.05) is 11.7 Å². The van der Waals surface area contributed by atoms with Crippen molar-refractivity contribution >= 4 is 12.6 Å². The minimum atomic E-state index is -1.57. The molecule has 0 unspecified atom stereocenters. The zero-order valence-electron chi connectivity index (χ0n) is 10.0. The molecule has 6 heteroatoms. The van der Waals surface area contributed by atoms with Crippen molar-refractivity contribution in [3.05, 3.63) is 53.9 Å². The number of rotatable bonds is 4. The molecule has 0 atom stereocenters. The topological polar surface area (TPSA) is 86.4 Å². The molecule has 0 bridgehead atoms. The number of ether oxygens (including phenoxy) is 1. The van der Waals surface area contributed by atoms with E-state index in [-0.39, 0.29) is 12.1 Å². The Morgan fingerprint density at radius 1 is 1.26 bits per heavy atom. The van der Waals surface area contributed by atoms with Crippen LogP contribution in [-0.2, 0) is 6.61 Å². The second-order valence-corrected chi connectivity index (χ2v) is 3.93. The maximum atomic E-state index is 9.03. The van der Waals surface area contributed by atoms with Crippen molar-refractivity contribution in [2.45, 2.75) is 6.61 Å². The summed E-state index contributed by atoms with van der Waals surface area (Å²) in [4.78, 5) is 3.85. The van der Waals surface area contributed by atoms with Crippen molar-refractivity contribution in [3.63, 3.8) is 0 Å². The van der Waals surface area contributed by atoms with E-state index in [0.717, 1.165) is 5.56 Å². The highest BCUT2D eigenvalue weighted by molar-refractivity contribution is 6.58. The monoisotopic (exact) mass is 254 g/mol. The molecule has 0 amide bonds. The fourth-order valence-corrected chi connectivity index (χ4v) is 1.55. The molecule has 19 heavy (non-hydrogen) atoms. The van der Waals surface area contributed by atoms with Crippen molar-refractivity contribution in [2.75, 3.05) is 0 Å². The van der Waals surface area contributed by atoms with E-state index in [4.69, 9.17) is 20.0 Å². The van der Waals surface area contributed by atoms with E-state index in [1.807, 2.05) is 6.07 Å². The Labute approximate surface area is 110 Å². The molecule has 0 saturated heterocycles. The number of hydrogen-bond donors (Lipinski definition) is 2. The summed E-state index contributed by atoms with van der Waals surface area (Å²) in [6, 6.07) is 10.6. The molecule has 0 aliphatic heterocycles. The summed E-state index contributed by atoms with van der Waals surface area (Å²) in [5, 5.41) is 26.8. The molecule has 0 fully saturated rings. The number of hydrogen-bond acceptors (Lipinski definition) is 5. The van der Waals surface area contributed by atoms with Crippen LogP contribution in [0, 0.1) is 11.3 Å². The van der Waals surface area contributed by atoms with Crippen LogP contribution in [0.4, 0.5) is 0 Å². The standard InChI is InChI=1S/C13H11BN2O3/c15-6-10-2-1-3-11(4-10)9-19-13-5-12(14(17)18)7-16-8-13/h1-5,7-8,17-18H,9H2. The molecule has 5 nitrogen and oxygen atoms in total. The molecular weight excluding hydrogens is 243 g/mol. The Kier molecular flexibility index (Phi) is 4.13. The largest absolute Gasteiger partial charge is 0.490 e. The van der Waals surface area contributed by atoms with Crippen molar-refractivity contribution in [1.29, 1.82) is 5.26 Å². The normalized spacial score (nSPS) is 9.74. The number of aromatic nitrogens is 1. The molecule has 1 aromatic carbocycles. The molecule has 0 aliphatic rings. The SMILES string of the molecule is N#Cc1cccc(COc2cncc(B(O)O)c2)c1. The highest BCUT2D eigenvalue weighted by atomic mass is 16.5. The van der Waals surface area contributed by atoms with Gasteiger partial charge in [-0.3, -0.25) is 4.98 Å². The van der Waals surface area contributed by atoms with E-state index in [9.17, 15) is 0 Å². The van der Waals surface area contributed by atoms with Crippen molar-refractivity contribution in [3.8, 4) is 11.8 Å². The van der Waals surface area contributed by atoms with Crippen molar-refractivity contribution in [2.24, 2.45) is 0 Å². The van der Waals surface area contributed by atoms with Crippen LogP contribution in [0.3, 0.4) is 0 Å². The van der Waals surface area contributed by atoms with E-state index < -0.39 is 7.12 Å². The van der Waals surface area contributed by atoms with Crippen molar-refractivity contribution < 1.29 is 14.8 Å². The van der Waals surface area contributed by atoms with Crippen LogP contribution in [0.1, 0.15) is 11.1 Å². The van der Waals surface area contributed by atoms with E-state index in [2.05, 4.69) is 11.1 Å². The van der Waals surface area contributed by atoms with Crippen LogP contribution in [0.2, 0.25) is 0 Å². The Morgan fingerprint density at radius 2 is 2.11 bits per heavy atom. The number of benzene rings is 1. The number of nitriles is 1. The van der Waals surface area contributed by atoms with Gasteiger partial charge in [-0.2, -0.15) is 5.26 Å². The summed E-state index contributed by atoms with van der Waals surface area (Å²) < 4.78 is 5.49. The first-order chi connectivity index (χ1) is 9.19. The van der Waals surface area contributed by atoms with Crippen LogP contribution < -0.4 is 10.2 Å². The van der Waals surface area contributed by atoms with Gasteiger partial charge < -0.3 is 14.8 Å². The lowest BCUT2D eigenvalue weighted by Gasteiger charge is -2.07. The van der Waals surface area contributed by atoms with Gasteiger partial charge in [0.2, 0.25) is 0 Å². The molecule has 0 aliphatic carbocycles. The predicted octanol–water partition coefficient (Wildman–Crippen LogP) is 0.212. The Bertz CT molecular complexity index is 611. The summed E-state index contributed by atoms with van der Waals surface area (Å²) >= 11 is 0. The summed E-state index contributed by atoms with van der Waals surface area (Å²) in [6.07, 6.45) is 2.84. The molecule has 2 N–H and O–H groups in total. The summed E-state index contributed by atoms with van der Waals surface area (Å²) in [5.74, 6) is 0.438. The number of nitrogens with zero attached hydrogens (tertiary/aromatic N) is 2. The molecule has 0 radical (unpaired) electrons. The fourth-order valence-electron chi connectivity index (χ4n) is 1.55. The third-order valence-corrected chi connectivity index (χ3v) is 2.49.